The molecule has 0 saturated carbocycles. The van der Waals surface area contributed by atoms with Crippen molar-refractivity contribution in [3.8, 4) is 0 Å². The number of anilines is 1. The van der Waals surface area contributed by atoms with E-state index in [1.165, 1.54) is 0 Å². The van der Waals surface area contributed by atoms with E-state index in [1.54, 1.807) is 6.08 Å². The molecule has 3 rings (SSSR count). The fourth-order valence-electron chi connectivity index (χ4n) is 2.64. The molecule has 3 heteroatoms. The highest BCUT2D eigenvalue weighted by atomic mass is 32.2. The minimum absolute atomic E-state index is 0.0579. The first kappa shape index (κ1) is 14.9. The van der Waals surface area contributed by atoms with E-state index in [2.05, 4.69) is 0 Å². The van der Waals surface area contributed by atoms with Crippen LogP contribution in [-0.4, -0.2) is 23.5 Å². The first-order valence-electron chi connectivity index (χ1n) is 7.54. The Hall–Kier alpha value is -2.00. The van der Waals surface area contributed by atoms with Crippen LogP contribution >= 0.6 is 11.8 Å². The summed E-state index contributed by atoms with van der Waals surface area (Å²) in [5, 5.41) is 0. The van der Waals surface area contributed by atoms with Crippen molar-refractivity contribution in [3.05, 3.63) is 72.3 Å². The van der Waals surface area contributed by atoms with Gasteiger partial charge in [0.25, 0.3) is 5.91 Å². The molecule has 112 valence electrons. The molecule has 1 fully saturated rings. The van der Waals surface area contributed by atoms with Crippen molar-refractivity contribution in [3.63, 3.8) is 0 Å². The van der Waals surface area contributed by atoms with E-state index in [9.17, 15) is 4.79 Å². The summed E-state index contributed by atoms with van der Waals surface area (Å²) in [6, 6.07) is 20.2. The Kier molecular flexibility index (Phi) is 4.96. The molecule has 0 radical (unpaired) electrons. The lowest BCUT2D eigenvalue weighted by Gasteiger charge is -2.27. The summed E-state index contributed by atoms with van der Waals surface area (Å²) >= 11 is 1.92. The summed E-state index contributed by atoms with van der Waals surface area (Å²) < 4.78 is 0. The van der Waals surface area contributed by atoms with Gasteiger partial charge in [-0.25, -0.2) is 0 Å². The molecule has 1 atom stereocenters. The number of hydrogen-bond donors (Lipinski definition) is 0. The van der Waals surface area contributed by atoms with Crippen LogP contribution in [0.15, 0.2) is 66.7 Å². The highest BCUT2D eigenvalue weighted by Gasteiger charge is 2.26. The average Bonchev–Trinajstić information content (AvgIpc) is 3.09. The molecule has 0 aliphatic carbocycles. The summed E-state index contributed by atoms with van der Waals surface area (Å²) in [6.45, 7) is 0. The predicted molar refractivity (Wildman–Crippen MR) is 95.1 cm³/mol. The van der Waals surface area contributed by atoms with E-state index in [0.29, 0.717) is 6.04 Å². The first-order chi connectivity index (χ1) is 10.8. The zero-order valence-corrected chi connectivity index (χ0v) is 13.2. The SMILES string of the molecule is O=C(/C=C/c1ccccc1)N(c1ccccc1)C1CCSC1. The fraction of sp³-hybridized carbons (Fsp3) is 0.211. The van der Waals surface area contributed by atoms with Crippen molar-refractivity contribution in [1.29, 1.82) is 0 Å². The highest BCUT2D eigenvalue weighted by Crippen LogP contribution is 2.27. The summed E-state index contributed by atoms with van der Waals surface area (Å²) in [4.78, 5) is 14.7. The normalized spacial score (nSPS) is 17.7. The molecule has 0 aromatic heterocycles. The lowest BCUT2D eigenvalue weighted by molar-refractivity contribution is -0.114. The minimum atomic E-state index is 0.0579. The van der Waals surface area contributed by atoms with Gasteiger partial charge in [-0.2, -0.15) is 11.8 Å². The molecular formula is C19H19NOS. The van der Waals surface area contributed by atoms with E-state index in [1.807, 2.05) is 83.4 Å². The van der Waals surface area contributed by atoms with Crippen LogP contribution in [0.4, 0.5) is 5.69 Å². The maximum absolute atomic E-state index is 12.7. The lowest BCUT2D eigenvalue weighted by atomic mass is 10.1. The molecule has 0 bridgehead atoms. The van der Waals surface area contributed by atoms with E-state index in [-0.39, 0.29) is 5.91 Å². The van der Waals surface area contributed by atoms with Crippen molar-refractivity contribution in [2.45, 2.75) is 12.5 Å². The third kappa shape index (κ3) is 3.60. The van der Waals surface area contributed by atoms with Gasteiger partial charge in [0, 0.05) is 23.6 Å². The van der Waals surface area contributed by atoms with Crippen LogP contribution in [0.2, 0.25) is 0 Å². The Labute approximate surface area is 135 Å². The Morgan fingerprint density at radius 2 is 1.73 bits per heavy atom. The molecule has 1 aliphatic rings. The van der Waals surface area contributed by atoms with Crippen molar-refractivity contribution in [2.24, 2.45) is 0 Å². The molecule has 0 N–H and O–H groups in total. The van der Waals surface area contributed by atoms with Crippen LogP contribution in [0.25, 0.3) is 6.08 Å². The van der Waals surface area contributed by atoms with E-state index < -0.39 is 0 Å². The Morgan fingerprint density at radius 3 is 2.36 bits per heavy atom. The van der Waals surface area contributed by atoms with Gasteiger partial charge in [0.1, 0.15) is 0 Å². The van der Waals surface area contributed by atoms with Gasteiger partial charge in [-0.15, -0.1) is 0 Å². The number of para-hydroxylation sites is 1. The van der Waals surface area contributed by atoms with Crippen LogP contribution in [0, 0.1) is 0 Å². The van der Waals surface area contributed by atoms with E-state index >= 15 is 0 Å². The number of nitrogens with zero attached hydrogens (tertiary/aromatic N) is 1. The van der Waals surface area contributed by atoms with Crippen molar-refractivity contribution in [2.75, 3.05) is 16.4 Å². The summed E-state index contributed by atoms with van der Waals surface area (Å²) in [7, 11) is 0. The first-order valence-corrected chi connectivity index (χ1v) is 8.69. The molecule has 1 amide bonds. The van der Waals surface area contributed by atoms with Gasteiger partial charge in [-0.3, -0.25) is 4.79 Å². The van der Waals surface area contributed by atoms with Crippen molar-refractivity contribution < 1.29 is 4.79 Å². The monoisotopic (exact) mass is 309 g/mol. The van der Waals surface area contributed by atoms with Crippen molar-refractivity contribution in [1.82, 2.24) is 0 Å². The lowest BCUT2D eigenvalue weighted by Crippen LogP contribution is -2.39. The summed E-state index contributed by atoms with van der Waals surface area (Å²) in [5.41, 5.74) is 2.03. The molecule has 1 heterocycles. The van der Waals surface area contributed by atoms with Crippen LogP contribution in [0.5, 0.6) is 0 Å². The summed E-state index contributed by atoms with van der Waals surface area (Å²) in [5.74, 6) is 2.20. The molecule has 2 aromatic rings. The van der Waals surface area contributed by atoms with Gasteiger partial charge in [-0.1, -0.05) is 48.5 Å². The molecular weight excluding hydrogens is 290 g/mol. The molecule has 2 aromatic carbocycles. The predicted octanol–water partition coefficient (Wildman–Crippen LogP) is 4.24. The topological polar surface area (TPSA) is 20.3 Å². The number of thioether (sulfide) groups is 1. The number of rotatable bonds is 4. The molecule has 1 unspecified atom stereocenters. The Morgan fingerprint density at radius 1 is 1.05 bits per heavy atom. The number of amides is 1. The number of hydrogen-bond acceptors (Lipinski definition) is 2. The van der Waals surface area contributed by atoms with Crippen LogP contribution in [0.3, 0.4) is 0 Å². The fourth-order valence-corrected chi connectivity index (χ4v) is 3.84. The Bertz CT molecular complexity index is 633. The van der Waals surface area contributed by atoms with Gasteiger partial charge in [-0.05, 0) is 35.9 Å². The van der Waals surface area contributed by atoms with Crippen LogP contribution in [-0.2, 0) is 4.79 Å². The zero-order chi connectivity index (χ0) is 15.2. The molecule has 22 heavy (non-hydrogen) atoms. The van der Waals surface area contributed by atoms with Gasteiger partial charge in [0.05, 0.1) is 0 Å². The van der Waals surface area contributed by atoms with E-state index in [0.717, 1.165) is 29.2 Å². The highest BCUT2D eigenvalue weighted by molar-refractivity contribution is 7.99. The Balaban J connectivity index is 1.82. The maximum Gasteiger partial charge on any atom is 0.251 e. The third-order valence-electron chi connectivity index (χ3n) is 3.76. The second kappa shape index (κ2) is 7.32. The number of carbonyl (C=O) groups is 1. The van der Waals surface area contributed by atoms with Crippen LogP contribution in [0.1, 0.15) is 12.0 Å². The zero-order valence-electron chi connectivity index (χ0n) is 12.4. The average molecular weight is 309 g/mol. The molecule has 1 saturated heterocycles. The molecule has 1 aliphatic heterocycles. The molecule has 0 spiro atoms. The second-order valence-corrected chi connectivity index (χ2v) is 6.46. The quantitative estimate of drug-likeness (QED) is 0.787. The largest absolute Gasteiger partial charge is 0.305 e. The van der Waals surface area contributed by atoms with Gasteiger partial charge in [0.2, 0.25) is 0 Å². The standard InChI is InChI=1S/C19H19NOS/c21-19(12-11-16-7-3-1-4-8-16)20(18-13-14-22-15-18)17-9-5-2-6-10-17/h1-12,18H,13-15H2/b12-11+. The van der Waals surface area contributed by atoms with Crippen molar-refractivity contribution >= 4 is 29.4 Å². The van der Waals surface area contributed by atoms with Gasteiger partial charge < -0.3 is 4.90 Å². The van der Waals surface area contributed by atoms with E-state index in [4.69, 9.17) is 0 Å². The van der Waals surface area contributed by atoms with Gasteiger partial charge in [0.15, 0.2) is 0 Å². The maximum atomic E-state index is 12.7. The van der Waals surface area contributed by atoms with Crippen LogP contribution < -0.4 is 4.90 Å². The summed E-state index contributed by atoms with van der Waals surface area (Å²) in [6.07, 6.45) is 4.64. The number of carbonyl (C=O) groups excluding carboxylic acids is 1. The number of benzene rings is 2. The smallest absolute Gasteiger partial charge is 0.251 e. The third-order valence-corrected chi connectivity index (χ3v) is 4.91. The second-order valence-electron chi connectivity index (χ2n) is 5.31. The van der Waals surface area contributed by atoms with Gasteiger partial charge >= 0.3 is 0 Å². The molecule has 2 nitrogen and oxygen atoms in total. The minimum Gasteiger partial charge on any atom is -0.305 e.